The fourth-order valence-electron chi connectivity index (χ4n) is 4.43. The number of halogens is 4. The van der Waals surface area contributed by atoms with E-state index >= 15 is 0 Å². The van der Waals surface area contributed by atoms with Crippen molar-refractivity contribution in [3.8, 4) is 0 Å². The van der Waals surface area contributed by atoms with Crippen LogP contribution in [-0.4, -0.2) is 91.3 Å². The molecule has 8 nitrogen and oxygen atoms in total. The zero-order valence-corrected chi connectivity index (χ0v) is 18.5. The molecular weight excluding hydrogens is 462 g/mol. The molecule has 0 bridgehead atoms. The summed E-state index contributed by atoms with van der Waals surface area (Å²) in [6.07, 6.45) is -2.53. The summed E-state index contributed by atoms with van der Waals surface area (Å²) >= 11 is 0. The monoisotopic (exact) mass is 489 g/mol. The van der Waals surface area contributed by atoms with Gasteiger partial charge in [-0.15, -0.1) is 0 Å². The molecule has 3 aliphatic heterocycles. The Kier molecular flexibility index (Phi) is 8.13. The number of likely N-dealkylation sites (tertiary alicyclic amines) is 1. The van der Waals surface area contributed by atoms with Crippen LogP contribution in [0.5, 0.6) is 0 Å². The number of benzene rings is 1. The molecule has 3 heterocycles. The van der Waals surface area contributed by atoms with Gasteiger partial charge in [-0.2, -0.15) is 13.2 Å². The topological polar surface area (TPSA) is 90.4 Å². The Morgan fingerprint density at radius 1 is 1.06 bits per heavy atom. The van der Waals surface area contributed by atoms with E-state index in [1.54, 1.807) is 17.0 Å². The molecule has 0 saturated carbocycles. The van der Waals surface area contributed by atoms with Gasteiger partial charge in [0.1, 0.15) is 5.82 Å². The first-order valence-electron chi connectivity index (χ1n) is 10.9. The van der Waals surface area contributed by atoms with E-state index < -0.39 is 12.1 Å². The molecule has 2 amide bonds. The molecule has 1 atom stereocenters. The lowest BCUT2D eigenvalue weighted by Gasteiger charge is -2.31. The van der Waals surface area contributed by atoms with Gasteiger partial charge >= 0.3 is 12.1 Å². The number of amides is 2. The Morgan fingerprint density at radius 2 is 1.68 bits per heavy atom. The largest absolute Gasteiger partial charge is 0.490 e. The van der Waals surface area contributed by atoms with Gasteiger partial charge < -0.3 is 19.6 Å². The first-order chi connectivity index (χ1) is 16.0. The number of alkyl halides is 3. The molecule has 12 heteroatoms. The van der Waals surface area contributed by atoms with Gasteiger partial charge in [-0.1, -0.05) is 0 Å². The average Bonchev–Trinajstić information content (AvgIpc) is 3.35. The van der Waals surface area contributed by atoms with Crippen molar-refractivity contribution in [3.05, 3.63) is 30.1 Å². The number of hydrogen-bond donors (Lipinski definition) is 1. The number of hydrogen-bond acceptors (Lipinski definition) is 5. The zero-order chi connectivity index (χ0) is 24.9. The van der Waals surface area contributed by atoms with Crippen molar-refractivity contribution in [2.75, 3.05) is 57.4 Å². The lowest BCUT2D eigenvalue weighted by Crippen LogP contribution is -2.45. The molecule has 0 aliphatic carbocycles. The van der Waals surface area contributed by atoms with Crippen LogP contribution in [0.4, 0.5) is 23.2 Å². The van der Waals surface area contributed by atoms with Crippen molar-refractivity contribution in [1.82, 2.24) is 9.80 Å². The quantitative estimate of drug-likeness (QED) is 0.655. The van der Waals surface area contributed by atoms with E-state index in [1.807, 2.05) is 4.90 Å². The van der Waals surface area contributed by atoms with Crippen LogP contribution < -0.4 is 4.90 Å². The Balaban J connectivity index is 0.000000406. The molecule has 3 saturated heterocycles. The number of nitrogens with zero attached hydrogens (tertiary/aromatic N) is 3. The van der Waals surface area contributed by atoms with E-state index in [0.717, 1.165) is 25.9 Å². The van der Waals surface area contributed by atoms with Gasteiger partial charge in [0, 0.05) is 50.2 Å². The highest BCUT2D eigenvalue weighted by atomic mass is 19.4. The Bertz CT molecular complexity index is 890. The third-order valence-corrected chi connectivity index (χ3v) is 6.04. The molecule has 3 fully saturated rings. The van der Waals surface area contributed by atoms with Gasteiger partial charge in [0.2, 0.25) is 11.8 Å². The lowest BCUT2D eigenvalue weighted by molar-refractivity contribution is -0.192. The fraction of sp³-hybridized carbons (Fsp3) is 0.591. The van der Waals surface area contributed by atoms with E-state index in [2.05, 4.69) is 4.90 Å². The van der Waals surface area contributed by atoms with E-state index in [-0.39, 0.29) is 23.0 Å². The summed E-state index contributed by atoms with van der Waals surface area (Å²) < 4.78 is 50.8. The predicted molar refractivity (Wildman–Crippen MR) is 113 cm³/mol. The van der Waals surface area contributed by atoms with Crippen LogP contribution in [0.2, 0.25) is 0 Å². The summed E-state index contributed by atoms with van der Waals surface area (Å²) in [6, 6.07) is 6.02. The van der Waals surface area contributed by atoms with Crippen LogP contribution >= 0.6 is 0 Å². The van der Waals surface area contributed by atoms with Crippen LogP contribution in [0.25, 0.3) is 0 Å². The fourth-order valence-corrected chi connectivity index (χ4v) is 4.43. The molecule has 1 unspecified atom stereocenters. The van der Waals surface area contributed by atoms with Gasteiger partial charge in [-0.25, -0.2) is 9.18 Å². The number of carboxylic acids is 1. The van der Waals surface area contributed by atoms with Crippen LogP contribution in [0.3, 0.4) is 0 Å². The van der Waals surface area contributed by atoms with Crippen LogP contribution in [0.15, 0.2) is 24.3 Å². The lowest BCUT2D eigenvalue weighted by atomic mass is 9.87. The molecule has 4 rings (SSSR count). The number of carboxylic acid groups (broad SMARTS) is 1. The molecule has 0 radical (unpaired) electrons. The summed E-state index contributed by atoms with van der Waals surface area (Å²) in [5, 5.41) is 7.12. The molecule has 3 aliphatic rings. The highest BCUT2D eigenvalue weighted by molar-refractivity contribution is 5.96. The second-order valence-electron chi connectivity index (χ2n) is 8.79. The van der Waals surface area contributed by atoms with Crippen molar-refractivity contribution in [3.63, 3.8) is 0 Å². The van der Waals surface area contributed by atoms with Gasteiger partial charge in [0.15, 0.2) is 0 Å². The summed E-state index contributed by atoms with van der Waals surface area (Å²) in [7, 11) is 0. The SMILES string of the molecule is O=C(CN1CCOCC2(CC(=O)N(c3ccc(F)cc3)C2)C1)N1CCCC1.O=C(O)C(F)(F)F. The minimum atomic E-state index is -5.08. The van der Waals surface area contributed by atoms with E-state index in [0.29, 0.717) is 51.5 Å². The van der Waals surface area contributed by atoms with Gasteiger partial charge in [-0.05, 0) is 37.1 Å². The summed E-state index contributed by atoms with van der Waals surface area (Å²) in [4.78, 5) is 39.9. The van der Waals surface area contributed by atoms with Crippen LogP contribution in [-0.2, 0) is 19.1 Å². The van der Waals surface area contributed by atoms with Crippen molar-refractivity contribution in [2.24, 2.45) is 5.41 Å². The molecule has 1 aromatic rings. The van der Waals surface area contributed by atoms with Crippen molar-refractivity contribution >= 4 is 23.5 Å². The average molecular weight is 489 g/mol. The highest BCUT2D eigenvalue weighted by Gasteiger charge is 2.46. The Hall–Kier alpha value is -2.73. The third kappa shape index (κ3) is 6.66. The molecule has 1 N–H and O–H groups in total. The maximum Gasteiger partial charge on any atom is 0.490 e. The molecule has 1 spiro atoms. The number of aliphatic carboxylic acids is 1. The smallest absolute Gasteiger partial charge is 0.475 e. The Labute approximate surface area is 194 Å². The second kappa shape index (κ2) is 10.7. The normalized spacial score (nSPS) is 23.6. The number of ether oxygens (including phenoxy) is 1. The van der Waals surface area contributed by atoms with Gasteiger partial charge in [-0.3, -0.25) is 14.5 Å². The van der Waals surface area contributed by atoms with E-state index in [9.17, 15) is 27.2 Å². The number of carbonyl (C=O) groups excluding carboxylic acids is 2. The Morgan fingerprint density at radius 3 is 2.26 bits per heavy atom. The maximum atomic E-state index is 13.2. The van der Waals surface area contributed by atoms with E-state index in [4.69, 9.17) is 14.6 Å². The molecule has 34 heavy (non-hydrogen) atoms. The molecule has 188 valence electrons. The third-order valence-electron chi connectivity index (χ3n) is 6.04. The van der Waals surface area contributed by atoms with Crippen molar-refractivity contribution < 1.29 is 41.8 Å². The standard InChI is InChI=1S/C20H26FN3O3.C2HF3O2/c21-16-3-5-17(6-4-16)24-14-20(11-18(24)25)13-22(9-10-27-15-20)12-19(26)23-7-1-2-8-23;3-2(4,5)1(6)7/h3-6H,1-2,7-15H2;(H,6,7). The number of rotatable bonds is 3. The van der Waals surface area contributed by atoms with Crippen LogP contribution in [0, 0.1) is 11.2 Å². The predicted octanol–water partition coefficient (Wildman–Crippen LogP) is 2.14. The number of anilines is 1. The highest BCUT2D eigenvalue weighted by Crippen LogP contribution is 2.37. The summed E-state index contributed by atoms with van der Waals surface area (Å²) in [6.45, 7) is 5.06. The number of carbonyl (C=O) groups is 3. The summed E-state index contributed by atoms with van der Waals surface area (Å²) in [5.74, 6) is -2.88. The van der Waals surface area contributed by atoms with E-state index in [1.165, 1.54) is 12.1 Å². The van der Waals surface area contributed by atoms with Crippen molar-refractivity contribution in [2.45, 2.75) is 25.4 Å². The van der Waals surface area contributed by atoms with Crippen LogP contribution in [0.1, 0.15) is 19.3 Å². The molecule has 0 aromatic heterocycles. The van der Waals surface area contributed by atoms with Crippen molar-refractivity contribution in [1.29, 1.82) is 0 Å². The summed E-state index contributed by atoms with van der Waals surface area (Å²) in [5.41, 5.74) is 0.384. The first kappa shape index (κ1) is 25.9. The van der Waals surface area contributed by atoms with Gasteiger partial charge in [0.05, 0.1) is 19.8 Å². The molecule has 1 aromatic carbocycles. The first-order valence-corrected chi connectivity index (χ1v) is 10.9. The van der Waals surface area contributed by atoms with Gasteiger partial charge in [0.25, 0.3) is 0 Å². The minimum Gasteiger partial charge on any atom is -0.475 e. The minimum absolute atomic E-state index is 0.0259. The second-order valence-corrected chi connectivity index (χ2v) is 8.79. The molecular formula is C22H27F4N3O5. The zero-order valence-electron chi connectivity index (χ0n) is 18.5. The maximum absolute atomic E-state index is 13.2.